The Morgan fingerprint density at radius 3 is 2.63 bits per heavy atom. The molecule has 3 atom stereocenters. The first-order valence-electron chi connectivity index (χ1n) is 10.2. The molecule has 4 rings (SSSR count). The lowest BCUT2D eigenvalue weighted by Crippen LogP contribution is -2.57. The van der Waals surface area contributed by atoms with Crippen molar-refractivity contribution in [1.82, 2.24) is 20.4 Å². The van der Waals surface area contributed by atoms with Crippen molar-refractivity contribution in [3.05, 3.63) is 41.0 Å². The van der Waals surface area contributed by atoms with Gasteiger partial charge in [0.2, 0.25) is 5.91 Å². The van der Waals surface area contributed by atoms with E-state index in [-0.39, 0.29) is 23.3 Å². The maximum Gasteiger partial charge on any atom is 0.324 e. The van der Waals surface area contributed by atoms with Crippen LogP contribution in [-0.4, -0.2) is 27.8 Å². The van der Waals surface area contributed by atoms with E-state index in [0.717, 1.165) is 25.0 Å². The molecule has 2 fully saturated rings. The summed E-state index contributed by atoms with van der Waals surface area (Å²) in [4.78, 5) is 25.2. The summed E-state index contributed by atoms with van der Waals surface area (Å²) in [6.45, 7) is 6.16. The van der Waals surface area contributed by atoms with Crippen molar-refractivity contribution in [3.63, 3.8) is 0 Å². The monoisotopic (exact) mass is 430 g/mol. The summed E-state index contributed by atoms with van der Waals surface area (Å²) < 4.78 is 1.65. The van der Waals surface area contributed by atoms with Crippen LogP contribution in [0.5, 0.6) is 0 Å². The van der Waals surface area contributed by atoms with Crippen molar-refractivity contribution < 1.29 is 9.59 Å². The molecule has 1 aliphatic heterocycles. The maximum absolute atomic E-state index is 12.6. The summed E-state index contributed by atoms with van der Waals surface area (Å²) in [7, 11) is 0. The first kappa shape index (κ1) is 20.7. The molecule has 1 saturated carbocycles. The van der Waals surface area contributed by atoms with Gasteiger partial charge in [-0.25, -0.2) is 9.48 Å². The quantitative estimate of drug-likeness (QED) is 0.594. The van der Waals surface area contributed by atoms with Crippen molar-refractivity contribution in [1.29, 1.82) is 0 Å². The van der Waals surface area contributed by atoms with Gasteiger partial charge in [-0.1, -0.05) is 38.8 Å². The molecule has 1 aromatic carbocycles. The number of fused-ring (bicyclic) bond motifs is 1. The van der Waals surface area contributed by atoms with Crippen molar-refractivity contribution in [2.75, 3.05) is 10.6 Å². The second kappa shape index (κ2) is 7.92. The van der Waals surface area contributed by atoms with E-state index in [1.807, 2.05) is 6.07 Å². The lowest BCUT2D eigenvalue weighted by molar-refractivity contribution is -0.130. The van der Waals surface area contributed by atoms with Gasteiger partial charge in [0.15, 0.2) is 6.29 Å². The lowest BCUT2D eigenvalue weighted by Gasteiger charge is -2.34. The van der Waals surface area contributed by atoms with Crippen LogP contribution in [0.4, 0.5) is 16.3 Å². The number of benzene rings is 1. The van der Waals surface area contributed by atoms with Crippen LogP contribution in [0.3, 0.4) is 0 Å². The number of urea groups is 1. The minimum atomic E-state index is -0.515. The largest absolute Gasteiger partial charge is 0.324 e. The van der Waals surface area contributed by atoms with Crippen LogP contribution in [0.2, 0.25) is 5.02 Å². The van der Waals surface area contributed by atoms with Gasteiger partial charge < -0.3 is 10.6 Å². The van der Waals surface area contributed by atoms with E-state index in [1.165, 1.54) is 0 Å². The predicted molar refractivity (Wildman–Crippen MR) is 116 cm³/mol. The molecular formula is C21H27ClN6O2. The van der Waals surface area contributed by atoms with Gasteiger partial charge in [0.25, 0.3) is 0 Å². The van der Waals surface area contributed by atoms with Gasteiger partial charge in [0.1, 0.15) is 5.82 Å². The van der Waals surface area contributed by atoms with Crippen LogP contribution >= 0.6 is 11.6 Å². The molecule has 0 radical (unpaired) electrons. The first-order chi connectivity index (χ1) is 14.2. The molecule has 3 amide bonds. The highest BCUT2D eigenvalue weighted by molar-refractivity contribution is 6.30. The van der Waals surface area contributed by atoms with Crippen LogP contribution < -0.4 is 21.3 Å². The van der Waals surface area contributed by atoms with Crippen LogP contribution in [0.1, 0.15) is 52.0 Å². The molecule has 3 unspecified atom stereocenters. The molecular weight excluding hydrogens is 404 g/mol. The van der Waals surface area contributed by atoms with Gasteiger partial charge >= 0.3 is 6.03 Å². The number of nitrogens with one attached hydrogen (secondary N) is 4. The minimum absolute atomic E-state index is 0.00325. The molecule has 0 spiro atoms. The number of hydrogen-bond acceptors (Lipinski definition) is 4. The molecule has 30 heavy (non-hydrogen) atoms. The molecule has 2 heterocycles. The van der Waals surface area contributed by atoms with Gasteiger partial charge in [-0.2, -0.15) is 5.10 Å². The Morgan fingerprint density at radius 2 is 1.93 bits per heavy atom. The normalized spacial score (nSPS) is 23.6. The highest BCUT2D eigenvalue weighted by Gasteiger charge is 2.40. The smallest absolute Gasteiger partial charge is 0.322 e. The first-order valence-corrected chi connectivity index (χ1v) is 10.6. The molecule has 1 saturated heterocycles. The summed E-state index contributed by atoms with van der Waals surface area (Å²) >= 11 is 5.90. The number of halogens is 1. The standard InChI is InChI=1S/C21H27ClN6O2/c1-21(2,3)16-11-17(25-20(30)23-13-9-7-12(22)8-10-13)28(27-16)19-24-15-6-4-5-14(15)18(29)26-19/h7-11,14-15,19,24H,4-6H2,1-3H3,(H,26,29)(H2,23,25,30). The molecule has 1 aliphatic carbocycles. The summed E-state index contributed by atoms with van der Waals surface area (Å²) in [6, 6.07) is 8.43. The maximum atomic E-state index is 12.6. The molecule has 160 valence electrons. The average molecular weight is 431 g/mol. The van der Waals surface area contributed by atoms with Crippen molar-refractivity contribution >= 4 is 35.0 Å². The highest BCUT2D eigenvalue weighted by atomic mass is 35.5. The van der Waals surface area contributed by atoms with Crippen LogP contribution in [0.15, 0.2) is 30.3 Å². The molecule has 4 N–H and O–H groups in total. The number of nitrogens with zero attached hydrogens (tertiary/aromatic N) is 2. The lowest BCUT2D eigenvalue weighted by atomic mass is 9.92. The van der Waals surface area contributed by atoms with E-state index in [9.17, 15) is 9.59 Å². The zero-order valence-electron chi connectivity index (χ0n) is 17.3. The Bertz CT molecular complexity index is 949. The zero-order valence-corrected chi connectivity index (χ0v) is 18.1. The van der Waals surface area contributed by atoms with Gasteiger partial charge in [-0.15, -0.1) is 0 Å². The third kappa shape index (κ3) is 4.29. The number of carbonyl (C=O) groups is 2. The minimum Gasteiger partial charge on any atom is -0.322 e. The third-order valence-corrected chi connectivity index (χ3v) is 5.85. The van der Waals surface area contributed by atoms with Crippen LogP contribution in [0.25, 0.3) is 0 Å². The fourth-order valence-electron chi connectivity index (χ4n) is 3.95. The average Bonchev–Trinajstić information content (AvgIpc) is 3.30. The Kier molecular flexibility index (Phi) is 5.46. The van der Waals surface area contributed by atoms with E-state index in [1.54, 1.807) is 28.9 Å². The van der Waals surface area contributed by atoms with E-state index in [4.69, 9.17) is 16.7 Å². The van der Waals surface area contributed by atoms with E-state index >= 15 is 0 Å². The topological polar surface area (TPSA) is 100 Å². The van der Waals surface area contributed by atoms with Gasteiger partial charge in [0.05, 0.1) is 11.6 Å². The number of amides is 3. The third-order valence-electron chi connectivity index (χ3n) is 5.60. The van der Waals surface area contributed by atoms with Crippen LogP contribution in [-0.2, 0) is 10.2 Å². The van der Waals surface area contributed by atoms with Gasteiger partial charge in [0, 0.05) is 28.2 Å². The summed E-state index contributed by atoms with van der Waals surface area (Å²) in [6.07, 6.45) is 2.38. The van der Waals surface area contributed by atoms with Gasteiger partial charge in [-0.05, 0) is 37.1 Å². The summed E-state index contributed by atoms with van der Waals surface area (Å²) in [5.41, 5.74) is 1.22. The van der Waals surface area contributed by atoms with Crippen molar-refractivity contribution in [2.45, 2.75) is 57.8 Å². The van der Waals surface area contributed by atoms with Crippen molar-refractivity contribution in [2.24, 2.45) is 5.92 Å². The Hall–Kier alpha value is -2.58. The number of carbonyl (C=O) groups excluding carboxylic acids is 2. The fraction of sp³-hybridized carbons (Fsp3) is 0.476. The van der Waals surface area contributed by atoms with E-state index in [0.29, 0.717) is 16.5 Å². The van der Waals surface area contributed by atoms with E-state index in [2.05, 4.69) is 42.0 Å². The molecule has 9 heteroatoms. The number of rotatable bonds is 3. The Labute approximate surface area is 180 Å². The number of hydrogen-bond donors (Lipinski definition) is 4. The summed E-state index contributed by atoms with van der Waals surface area (Å²) in [5, 5.41) is 17.4. The fourth-order valence-corrected chi connectivity index (χ4v) is 4.08. The Morgan fingerprint density at radius 1 is 1.20 bits per heavy atom. The number of aromatic nitrogens is 2. The SMILES string of the molecule is CC(C)(C)c1cc(NC(=O)Nc2ccc(Cl)cc2)n(C2NC(=O)C3CCCC3N2)n1. The second-order valence-corrected chi connectivity index (χ2v) is 9.35. The summed E-state index contributed by atoms with van der Waals surface area (Å²) in [5.74, 6) is 0.537. The molecule has 8 nitrogen and oxygen atoms in total. The van der Waals surface area contributed by atoms with Crippen molar-refractivity contribution in [3.8, 4) is 0 Å². The molecule has 2 aromatic rings. The van der Waals surface area contributed by atoms with Crippen LogP contribution in [0, 0.1) is 5.92 Å². The second-order valence-electron chi connectivity index (χ2n) is 8.92. The van der Waals surface area contributed by atoms with E-state index < -0.39 is 12.3 Å². The molecule has 2 aliphatic rings. The zero-order chi connectivity index (χ0) is 21.5. The Balaban J connectivity index is 1.57. The predicted octanol–water partition coefficient (Wildman–Crippen LogP) is 3.82. The molecule has 1 aromatic heterocycles. The van der Waals surface area contributed by atoms with Gasteiger partial charge in [-0.3, -0.25) is 15.4 Å². The number of anilines is 2. The molecule has 0 bridgehead atoms. The highest BCUT2D eigenvalue weighted by Crippen LogP contribution is 2.32.